The zero-order valence-corrected chi connectivity index (χ0v) is 23.3. The maximum atomic E-state index is 10.3. The maximum Gasteiger partial charge on any atom is 0.0462 e. The molecule has 1 aromatic carbocycles. The van der Waals surface area contributed by atoms with Gasteiger partial charge < -0.3 is 5.11 Å². The largest absolute Gasteiger partial charge is 0.396 e. The molecule has 1 spiro atoms. The van der Waals surface area contributed by atoms with E-state index in [1.807, 2.05) is 5.57 Å². The van der Waals surface area contributed by atoms with Crippen LogP contribution in [0.5, 0.6) is 0 Å². The van der Waals surface area contributed by atoms with Crippen molar-refractivity contribution in [2.75, 3.05) is 6.61 Å². The van der Waals surface area contributed by atoms with Crippen LogP contribution in [0.1, 0.15) is 97.0 Å². The van der Waals surface area contributed by atoms with E-state index in [1.54, 1.807) is 0 Å². The first-order valence-corrected chi connectivity index (χ1v) is 15.4. The van der Waals surface area contributed by atoms with Crippen molar-refractivity contribution in [1.29, 1.82) is 0 Å². The van der Waals surface area contributed by atoms with Crippen LogP contribution in [-0.4, -0.2) is 11.7 Å². The number of fused-ring (bicyclic) bond motifs is 4. The highest BCUT2D eigenvalue weighted by Crippen LogP contribution is 2.79. The smallest absolute Gasteiger partial charge is 0.0462 e. The van der Waals surface area contributed by atoms with E-state index in [-0.39, 0.29) is 0 Å². The van der Waals surface area contributed by atoms with Gasteiger partial charge in [0.05, 0.1) is 0 Å². The fraction of sp³-hybridized carbons (Fsp3) is 0.714. The summed E-state index contributed by atoms with van der Waals surface area (Å²) in [5, 5.41) is 10.3. The predicted molar refractivity (Wildman–Crippen MR) is 151 cm³/mol. The highest BCUT2D eigenvalue weighted by Gasteiger charge is 2.72. The van der Waals surface area contributed by atoms with Gasteiger partial charge in [-0.15, -0.1) is 0 Å². The van der Waals surface area contributed by atoms with E-state index in [9.17, 15) is 5.11 Å². The van der Waals surface area contributed by atoms with Crippen molar-refractivity contribution in [3.63, 3.8) is 0 Å². The first-order chi connectivity index (χ1) is 17.3. The van der Waals surface area contributed by atoms with Gasteiger partial charge in [-0.25, -0.2) is 0 Å². The lowest BCUT2D eigenvalue weighted by molar-refractivity contribution is 0.0121. The summed E-state index contributed by atoms with van der Waals surface area (Å²) < 4.78 is 0. The van der Waals surface area contributed by atoms with Crippen LogP contribution in [0.2, 0.25) is 0 Å². The van der Waals surface area contributed by atoms with Crippen molar-refractivity contribution in [2.45, 2.75) is 97.8 Å². The van der Waals surface area contributed by atoms with E-state index >= 15 is 0 Å². The molecule has 4 fully saturated rings. The molecule has 0 amide bonds. The van der Waals surface area contributed by atoms with Crippen molar-refractivity contribution in [3.05, 3.63) is 59.7 Å². The summed E-state index contributed by atoms with van der Waals surface area (Å²) in [4.78, 5) is 0. The molecule has 196 valence electrons. The molecular formula is C35H50O. The minimum Gasteiger partial charge on any atom is -0.396 e. The molecule has 0 bridgehead atoms. The number of hydrogen-bond donors (Lipinski definition) is 1. The Morgan fingerprint density at radius 1 is 0.972 bits per heavy atom. The normalized spacial score (nSPS) is 40.4. The van der Waals surface area contributed by atoms with Crippen LogP contribution in [0.4, 0.5) is 0 Å². The molecule has 4 saturated carbocycles. The predicted octanol–water partition coefficient (Wildman–Crippen LogP) is 8.78. The minimum absolute atomic E-state index is 0.317. The molecule has 0 radical (unpaired) electrons. The van der Waals surface area contributed by atoms with Gasteiger partial charge in [0, 0.05) is 6.61 Å². The van der Waals surface area contributed by atoms with E-state index in [0.29, 0.717) is 34.7 Å². The molecule has 0 aliphatic heterocycles. The molecule has 1 N–H and O–H groups in total. The minimum atomic E-state index is 0.317. The van der Waals surface area contributed by atoms with Crippen molar-refractivity contribution in [1.82, 2.24) is 0 Å². The van der Waals surface area contributed by atoms with Crippen molar-refractivity contribution >= 4 is 0 Å². The highest BCUT2D eigenvalue weighted by molar-refractivity contribution is 5.48. The van der Waals surface area contributed by atoms with Crippen LogP contribution in [0.25, 0.3) is 0 Å². The molecular weight excluding hydrogens is 436 g/mol. The number of aliphatic hydroxyl groups excluding tert-OH is 1. The van der Waals surface area contributed by atoms with Gasteiger partial charge in [-0.3, -0.25) is 0 Å². The van der Waals surface area contributed by atoms with Gasteiger partial charge in [-0.05, 0) is 102 Å². The SMILES string of the molecule is C=C1C=C2C3(CCC(CC(CO)Cc4ccccc4)C3)CCC(C3CCCCC3)C2(C)C2C1C2(C)C. The van der Waals surface area contributed by atoms with Gasteiger partial charge in [0.2, 0.25) is 0 Å². The Morgan fingerprint density at radius 2 is 1.69 bits per heavy atom. The van der Waals surface area contributed by atoms with Crippen molar-refractivity contribution in [2.24, 2.45) is 51.8 Å². The molecule has 6 rings (SSSR count). The van der Waals surface area contributed by atoms with Crippen LogP contribution in [0.15, 0.2) is 54.1 Å². The Labute approximate surface area is 220 Å². The zero-order valence-electron chi connectivity index (χ0n) is 23.3. The van der Waals surface area contributed by atoms with Gasteiger partial charge >= 0.3 is 0 Å². The summed E-state index contributed by atoms with van der Waals surface area (Å²) in [6, 6.07) is 10.8. The summed E-state index contributed by atoms with van der Waals surface area (Å²) in [5.41, 5.74) is 5.83. The average molecular weight is 487 g/mol. The summed E-state index contributed by atoms with van der Waals surface area (Å²) in [6.07, 6.45) is 19.1. The molecule has 0 saturated heterocycles. The second kappa shape index (κ2) is 9.14. The molecule has 0 aromatic heterocycles. The van der Waals surface area contributed by atoms with Crippen LogP contribution in [0, 0.1) is 51.8 Å². The number of hydrogen-bond acceptors (Lipinski definition) is 1. The van der Waals surface area contributed by atoms with Gasteiger partial charge in [-0.1, -0.05) is 107 Å². The van der Waals surface area contributed by atoms with Gasteiger partial charge in [0.1, 0.15) is 0 Å². The Balaban J connectivity index is 1.26. The van der Waals surface area contributed by atoms with E-state index in [0.717, 1.165) is 30.1 Å². The van der Waals surface area contributed by atoms with Gasteiger partial charge in [0.25, 0.3) is 0 Å². The quantitative estimate of drug-likeness (QED) is 0.426. The topological polar surface area (TPSA) is 20.2 Å². The van der Waals surface area contributed by atoms with Crippen LogP contribution < -0.4 is 0 Å². The van der Waals surface area contributed by atoms with Crippen LogP contribution in [-0.2, 0) is 6.42 Å². The van der Waals surface area contributed by atoms with Crippen LogP contribution >= 0.6 is 0 Å². The molecule has 0 heterocycles. The Bertz CT molecular complexity index is 997. The second-order valence-corrected chi connectivity index (χ2v) is 14.6. The fourth-order valence-electron chi connectivity index (χ4n) is 10.9. The van der Waals surface area contributed by atoms with E-state index in [2.05, 4.69) is 63.8 Å². The Morgan fingerprint density at radius 3 is 2.42 bits per heavy atom. The van der Waals surface area contributed by atoms with Gasteiger partial charge in [-0.2, -0.15) is 0 Å². The van der Waals surface area contributed by atoms with Crippen molar-refractivity contribution in [3.8, 4) is 0 Å². The van der Waals surface area contributed by atoms with E-state index in [4.69, 9.17) is 0 Å². The molecule has 7 unspecified atom stereocenters. The lowest BCUT2D eigenvalue weighted by Gasteiger charge is -2.57. The fourth-order valence-corrected chi connectivity index (χ4v) is 10.9. The number of rotatable bonds is 6. The summed E-state index contributed by atoms with van der Waals surface area (Å²) in [6.45, 7) is 12.8. The van der Waals surface area contributed by atoms with Crippen molar-refractivity contribution < 1.29 is 5.11 Å². The van der Waals surface area contributed by atoms with E-state index < -0.39 is 0 Å². The molecule has 36 heavy (non-hydrogen) atoms. The molecule has 5 aliphatic rings. The Hall–Kier alpha value is -1.34. The third kappa shape index (κ3) is 3.90. The summed E-state index contributed by atoms with van der Waals surface area (Å²) in [5.74, 6) is 4.45. The van der Waals surface area contributed by atoms with E-state index in [1.165, 1.54) is 81.8 Å². The van der Waals surface area contributed by atoms with Crippen LogP contribution in [0.3, 0.4) is 0 Å². The second-order valence-electron chi connectivity index (χ2n) is 14.6. The average Bonchev–Trinajstić information content (AvgIpc) is 3.27. The maximum absolute atomic E-state index is 10.3. The first kappa shape index (κ1) is 25.0. The summed E-state index contributed by atoms with van der Waals surface area (Å²) >= 11 is 0. The summed E-state index contributed by atoms with van der Waals surface area (Å²) in [7, 11) is 0. The third-order valence-electron chi connectivity index (χ3n) is 12.3. The molecule has 5 aliphatic carbocycles. The molecule has 7 atom stereocenters. The lowest BCUT2D eigenvalue weighted by Crippen LogP contribution is -2.49. The highest BCUT2D eigenvalue weighted by atomic mass is 16.3. The molecule has 1 nitrogen and oxygen atoms in total. The third-order valence-corrected chi connectivity index (χ3v) is 12.3. The number of allylic oxidation sites excluding steroid dienone is 3. The first-order valence-electron chi connectivity index (χ1n) is 15.4. The zero-order chi connectivity index (χ0) is 25.1. The number of aliphatic hydroxyl groups is 1. The van der Waals surface area contributed by atoms with Gasteiger partial charge in [0.15, 0.2) is 0 Å². The number of benzene rings is 1. The standard InChI is InChI=1S/C35H50O/c1-24-19-30-34(4,32-31(24)33(32,2)3)29(28-13-9-6-10-14-28)16-18-35(30)17-15-26(22-35)21-27(23-36)20-25-11-7-5-8-12-25/h5,7-8,11-12,19,26-29,31-32,36H,1,6,9-10,13-18,20-23H2,2-4H3. The molecule has 1 aromatic rings. The lowest BCUT2D eigenvalue weighted by atomic mass is 9.47. The monoisotopic (exact) mass is 486 g/mol. The molecule has 1 heteroatoms. The Kier molecular flexibility index (Phi) is 6.34.